The number of hydrogen-bond acceptors (Lipinski definition) is 4. The van der Waals surface area contributed by atoms with Gasteiger partial charge in [-0.1, -0.05) is 42.4 Å². The lowest BCUT2D eigenvalue weighted by Gasteiger charge is -2.30. The van der Waals surface area contributed by atoms with E-state index in [2.05, 4.69) is 46.6 Å². The number of hydrogen-bond donors (Lipinski definition) is 1. The zero-order valence-corrected chi connectivity index (χ0v) is 14.5. The molecule has 1 saturated carbocycles. The molecule has 0 spiro atoms. The minimum Gasteiger partial charge on any atom is -0.340 e. The highest BCUT2D eigenvalue weighted by Crippen LogP contribution is 2.34. The van der Waals surface area contributed by atoms with E-state index in [0.29, 0.717) is 0 Å². The number of aromatic nitrogens is 1. The maximum Gasteiger partial charge on any atom is 0.232 e. The maximum atomic E-state index is 5.83. The molecule has 2 heterocycles. The smallest absolute Gasteiger partial charge is 0.232 e. The lowest BCUT2D eigenvalue weighted by atomic mass is 9.99. The van der Waals surface area contributed by atoms with Gasteiger partial charge in [-0.2, -0.15) is 0 Å². The number of benzene rings is 1. The normalized spacial score (nSPS) is 19.0. The van der Waals surface area contributed by atoms with Gasteiger partial charge in [0.1, 0.15) is 5.69 Å². The van der Waals surface area contributed by atoms with Gasteiger partial charge in [0.05, 0.1) is 5.56 Å². The Balaban J connectivity index is 1.58. The molecule has 1 aliphatic carbocycles. The lowest BCUT2D eigenvalue weighted by Crippen LogP contribution is -2.33. The Morgan fingerprint density at radius 3 is 2.58 bits per heavy atom. The molecule has 0 radical (unpaired) electrons. The molecule has 0 amide bonds. The molecule has 2 fully saturated rings. The van der Waals surface area contributed by atoms with Crippen LogP contribution in [0.1, 0.15) is 38.2 Å². The van der Waals surface area contributed by atoms with Gasteiger partial charge in [0.15, 0.2) is 0 Å². The summed E-state index contributed by atoms with van der Waals surface area (Å²) in [6.45, 7) is 6.42. The number of anilines is 1. The van der Waals surface area contributed by atoms with E-state index in [1.54, 1.807) is 0 Å². The van der Waals surface area contributed by atoms with Crippen LogP contribution < -0.4 is 10.2 Å². The zero-order valence-electron chi connectivity index (χ0n) is 14.5. The van der Waals surface area contributed by atoms with E-state index in [-0.39, 0.29) is 0 Å². The maximum absolute atomic E-state index is 5.83. The first kappa shape index (κ1) is 15.7. The first-order chi connectivity index (χ1) is 11.8. The van der Waals surface area contributed by atoms with Crippen LogP contribution in [-0.4, -0.2) is 24.8 Å². The molecule has 24 heavy (non-hydrogen) atoms. The van der Waals surface area contributed by atoms with Crippen LogP contribution in [0.5, 0.6) is 0 Å². The van der Waals surface area contributed by atoms with Crippen LogP contribution in [0.3, 0.4) is 0 Å². The minimum atomic E-state index is 0.814. The van der Waals surface area contributed by atoms with Crippen LogP contribution >= 0.6 is 0 Å². The summed E-state index contributed by atoms with van der Waals surface area (Å²) in [5, 5.41) is 8.06. The molecule has 4 nitrogen and oxygen atoms in total. The molecule has 4 rings (SSSR count). The van der Waals surface area contributed by atoms with Gasteiger partial charge in [-0.3, -0.25) is 0 Å². The summed E-state index contributed by atoms with van der Waals surface area (Å²) in [6.07, 6.45) is 5.21. The third-order valence-electron chi connectivity index (χ3n) is 5.32. The first-order valence-corrected chi connectivity index (χ1v) is 9.31. The Morgan fingerprint density at radius 1 is 1.12 bits per heavy atom. The van der Waals surface area contributed by atoms with Crippen molar-refractivity contribution >= 4 is 5.88 Å². The van der Waals surface area contributed by atoms with Crippen molar-refractivity contribution in [2.75, 3.05) is 24.5 Å². The van der Waals surface area contributed by atoms with E-state index in [0.717, 1.165) is 55.2 Å². The molecular formula is C20H27N3O. The minimum absolute atomic E-state index is 0.814. The van der Waals surface area contributed by atoms with E-state index >= 15 is 0 Å². The fourth-order valence-corrected chi connectivity index (χ4v) is 3.47. The molecule has 4 heteroatoms. The predicted molar refractivity (Wildman–Crippen MR) is 97.0 cm³/mol. The third kappa shape index (κ3) is 3.48. The highest BCUT2D eigenvalue weighted by atomic mass is 16.5. The molecule has 0 atom stereocenters. The molecule has 1 N–H and O–H groups in total. The second kappa shape index (κ2) is 6.98. The monoisotopic (exact) mass is 325 g/mol. The van der Waals surface area contributed by atoms with Gasteiger partial charge in [0.25, 0.3) is 0 Å². The number of nitrogens with zero attached hydrogens (tertiary/aromatic N) is 2. The van der Waals surface area contributed by atoms with Crippen LogP contribution in [0, 0.1) is 11.8 Å². The lowest BCUT2D eigenvalue weighted by molar-refractivity contribution is 0.379. The van der Waals surface area contributed by atoms with Gasteiger partial charge < -0.3 is 14.7 Å². The zero-order chi connectivity index (χ0) is 16.4. The van der Waals surface area contributed by atoms with E-state index < -0.39 is 0 Å². The number of nitrogens with one attached hydrogen (secondary N) is 1. The number of piperidine rings is 1. The van der Waals surface area contributed by atoms with Crippen molar-refractivity contribution in [3.8, 4) is 11.3 Å². The van der Waals surface area contributed by atoms with Crippen LogP contribution in [-0.2, 0) is 6.54 Å². The van der Waals surface area contributed by atoms with Crippen LogP contribution in [0.15, 0.2) is 34.9 Å². The third-order valence-corrected chi connectivity index (χ3v) is 5.32. The molecule has 2 aliphatic rings. The SMILES string of the molecule is CC1CCN(c2onc(-c3ccccc3)c2CNCC2CC2)CC1. The highest BCUT2D eigenvalue weighted by Gasteiger charge is 2.26. The molecule has 0 bridgehead atoms. The Hall–Kier alpha value is -1.81. The fourth-order valence-electron chi connectivity index (χ4n) is 3.47. The molecule has 1 aliphatic heterocycles. The molecule has 0 unspecified atom stereocenters. The first-order valence-electron chi connectivity index (χ1n) is 9.31. The quantitative estimate of drug-likeness (QED) is 0.869. The molecule has 1 aromatic carbocycles. The Bertz CT molecular complexity index is 655. The summed E-state index contributed by atoms with van der Waals surface area (Å²) in [6, 6.07) is 10.4. The average molecular weight is 325 g/mol. The average Bonchev–Trinajstić information content (AvgIpc) is 3.35. The molecule has 128 valence electrons. The van der Waals surface area contributed by atoms with Crippen molar-refractivity contribution in [1.82, 2.24) is 10.5 Å². The summed E-state index contributed by atoms with van der Waals surface area (Å²) < 4.78 is 5.83. The van der Waals surface area contributed by atoms with Gasteiger partial charge in [0, 0.05) is 25.2 Å². The largest absolute Gasteiger partial charge is 0.340 e. The second-order valence-electron chi connectivity index (χ2n) is 7.42. The second-order valence-corrected chi connectivity index (χ2v) is 7.42. The summed E-state index contributed by atoms with van der Waals surface area (Å²) in [5.41, 5.74) is 3.35. The van der Waals surface area contributed by atoms with E-state index in [1.165, 1.54) is 31.2 Å². The van der Waals surface area contributed by atoms with Gasteiger partial charge >= 0.3 is 0 Å². The molecule has 1 saturated heterocycles. The van der Waals surface area contributed by atoms with Crippen LogP contribution in [0.25, 0.3) is 11.3 Å². The predicted octanol–water partition coefficient (Wildman–Crippen LogP) is 4.08. The van der Waals surface area contributed by atoms with Crippen LogP contribution in [0.2, 0.25) is 0 Å². The van der Waals surface area contributed by atoms with Crippen molar-refractivity contribution in [3.63, 3.8) is 0 Å². The summed E-state index contributed by atoms with van der Waals surface area (Å²) >= 11 is 0. The van der Waals surface area contributed by atoms with E-state index in [9.17, 15) is 0 Å². The standard InChI is InChI=1S/C20H27N3O/c1-15-9-11-23(12-10-15)20-18(14-21-13-16-7-8-16)19(22-24-20)17-5-3-2-4-6-17/h2-6,15-16,21H,7-14H2,1H3. The van der Waals surface area contributed by atoms with E-state index in [1.807, 2.05) is 6.07 Å². The Kier molecular flexibility index (Phi) is 4.56. The fraction of sp³-hybridized carbons (Fsp3) is 0.550. The summed E-state index contributed by atoms with van der Waals surface area (Å²) in [7, 11) is 0. The van der Waals surface area contributed by atoms with Gasteiger partial charge in [-0.15, -0.1) is 0 Å². The van der Waals surface area contributed by atoms with Gasteiger partial charge in [-0.25, -0.2) is 0 Å². The highest BCUT2D eigenvalue weighted by molar-refractivity contribution is 5.68. The van der Waals surface area contributed by atoms with Gasteiger partial charge in [-0.05, 0) is 44.1 Å². The molecular weight excluding hydrogens is 298 g/mol. The van der Waals surface area contributed by atoms with E-state index in [4.69, 9.17) is 4.52 Å². The van der Waals surface area contributed by atoms with Crippen molar-refractivity contribution in [3.05, 3.63) is 35.9 Å². The molecule has 2 aromatic rings. The van der Waals surface area contributed by atoms with Crippen molar-refractivity contribution in [2.45, 2.75) is 39.2 Å². The van der Waals surface area contributed by atoms with Crippen molar-refractivity contribution in [1.29, 1.82) is 0 Å². The Morgan fingerprint density at radius 2 is 1.88 bits per heavy atom. The Labute approximate surface area is 144 Å². The summed E-state index contributed by atoms with van der Waals surface area (Å²) in [5.74, 6) is 2.67. The molecule has 1 aromatic heterocycles. The van der Waals surface area contributed by atoms with Crippen LogP contribution in [0.4, 0.5) is 5.88 Å². The topological polar surface area (TPSA) is 41.3 Å². The summed E-state index contributed by atoms with van der Waals surface area (Å²) in [4.78, 5) is 2.38. The van der Waals surface area contributed by atoms with Crippen molar-refractivity contribution in [2.24, 2.45) is 11.8 Å². The van der Waals surface area contributed by atoms with Gasteiger partial charge in [0.2, 0.25) is 5.88 Å². The van der Waals surface area contributed by atoms with Crippen molar-refractivity contribution < 1.29 is 4.52 Å². The number of rotatable bonds is 6.